The van der Waals surface area contributed by atoms with Crippen LogP contribution in [-0.2, 0) is 4.79 Å². The van der Waals surface area contributed by atoms with E-state index in [4.69, 9.17) is 29.1 Å². The summed E-state index contributed by atoms with van der Waals surface area (Å²) in [5.41, 5.74) is 11.2. The van der Waals surface area contributed by atoms with E-state index in [0.29, 0.717) is 23.0 Å². The van der Waals surface area contributed by atoms with Crippen molar-refractivity contribution in [2.75, 3.05) is 10.6 Å². The van der Waals surface area contributed by atoms with E-state index in [2.05, 4.69) is 10.6 Å². The molecule has 2 rings (SSSR count). The Morgan fingerprint density at radius 1 is 1.35 bits per heavy atom. The molecular formula is C17H22FN5O2S. The number of thiocarbonyl (C=S) groups is 1. The lowest BCUT2D eigenvalue weighted by atomic mass is 10.1. The van der Waals surface area contributed by atoms with Gasteiger partial charge in [0.25, 0.3) is 5.91 Å². The van der Waals surface area contributed by atoms with Gasteiger partial charge < -0.3 is 27.5 Å². The van der Waals surface area contributed by atoms with Crippen molar-refractivity contribution in [3.8, 4) is 0 Å². The van der Waals surface area contributed by atoms with Crippen LogP contribution in [0.5, 0.6) is 0 Å². The fourth-order valence-corrected chi connectivity index (χ4v) is 2.87. The van der Waals surface area contributed by atoms with Crippen LogP contribution in [0.4, 0.5) is 15.8 Å². The topological polar surface area (TPSA) is 134 Å². The number of carbonyl (C=O) groups excluding carboxylic acids is 2. The third-order valence-electron chi connectivity index (χ3n) is 4.01. The molecule has 1 fully saturated rings. The molecule has 7 N–H and O–H groups in total. The van der Waals surface area contributed by atoms with Crippen LogP contribution in [0.3, 0.4) is 0 Å². The van der Waals surface area contributed by atoms with Gasteiger partial charge in [-0.2, -0.15) is 0 Å². The molecule has 9 heteroatoms. The Morgan fingerprint density at radius 2 is 2.00 bits per heavy atom. The average Bonchev–Trinajstić information content (AvgIpc) is 3.32. The zero-order valence-electron chi connectivity index (χ0n) is 14.4. The van der Waals surface area contributed by atoms with Crippen LogP contribution in [0.15, 0.2) is 12.1 Å². The first-order valence-corrected chi connectivity index (χ1v) is 8.61. The number of anilines is 2. The molecular weight excluding hydrogens is 357 g/mol. The molecule has 0 radical (unpaired) electrons. The number of primary amides is 2. The van der Waals surface area contributed by atoms with Gasteiger partial charge in [-0.3, -0.25) is 9.59 Å². The lowest BCUT2D eigenvalue weighted by Gasteiger charge is -2.19. The van der Waals surface area contributed by atoms with Crippen LogP contribution in [0, 0.1) is 17.1 Å². The van der Waals surface area contributed by atoms with Crippen LogP contribution < -0.4 is 22.1 Å². The lowest BCUT2D eigenvalue weighted by Crippen LogP contribution is -2.36. The fraction of sp³-hybridized carbons (Fsp3) is 0.412. The second-order valence-corrected chi connectivity index (χ2v) is 7.02. The molecule has 0 bridgehead atoms. The molecule has 0 aromatic heterocycles. The van der Waals surface area contributed by atoms with E-state index in [1.807, 2.05) is 0 Å². The van der Waals surface area contributed by atoms with E-state index in [0.717, 1.165) is 18.9 Å². The van der Waals surface area contributed by atoms with Crippen molar-refractivity contribution in [1.82, 2.24) is 0 Å². The van der Waals surface area contributed by atoms with Crippen molar-refractivity contribution in [2.24, 2.45) is 17.4 Å². The van der Waals surface area contributed by atoms with Gasteiger partial charge in [-0.05, 0) is 31.4 Å². The molecule has 1 atom stereocenters. The Balaban J connectivity index is 2.29. The Morgan fingerprint density at radius 3 is 2.50 bits per heavy atom. The molecule has 0 spiro atoms. The van der Waals surface area contributed by atoms with Crippen molar-refractivity contribution in [3.63, 3.8) is 0 Å². The Bertz CT molecular complexity index is 764. The minimum Gasteiger partial charge on any atom is -0.371 e. The highest BCUT2D eigenvalue weighted by Crippen LogP contribution is 2.35. The number of benzene rings is 1. The minimum atomic E-state index is -0.822. The monoisotopic (exact) mass is 379 g/mol. The number of rotatable bonds is 9. The molecule has 7 nitrogen and oxygen atoms in total. The minimum absolute atomic E-state index is 0.0244. The molecule has 1 aromatic rings. The summed E-state index contributed by atoms with van der Waals surface area (Å²) in [6.45, 7) is 1.59. The molecule has 26 heavy (non-hydrogen) atoms. The largest absolute Gasteiger partial charge is 0.371 e. The Hall–Kier alpha value is -2.55. The zero-order chi connectivity index (χ0) is 19.4. The normalized spacial score (nSPS) is 14.4. The molecule has 0 saturated heterocycles. The summed E-state index contributed by atoms with van der Waals surface area (Å²) in [5.74, 6) is -1.70. The maximum atomic E-state index is 14.4. The van der Waals surface area contributed by atoms with Crippen molar-refractivity contribution in [3.05, 3.63) is 23.5 Å². The summed E-state index contributed by atoms with van der Waals surface area (Å²) in [4.78, 5) is 23.5. The van der Waals surface area contributed by atoms with E-state index in [1.54, 1.807) is 6.92 Å². The number of hydrogen-bond donors (Lipinski definition) is 5. The number of carbonyl (C=O) groups is 2. The summed E-state index contributed by atoms with van der Waals surface area (Å²) in [6.07, 6.45) is 2.77. The average molecular weight is 379 g/mol. The SMILES string of the molecule is CC(=N)CC(=S)Nc1cc(NC(CC2CC2)C(N)=O)c(F)cc1C(N)=O. The fourth-order valence-electron chi connectivity index (χ4n) is 2.55. The number of nitrogens with two attached hydrogens (primary N) is 2. The van der Waals surface area contributed by atoms with Gasteiger partial charge in [0.2, 0.25) is 5.91 Å². The van der Waals surface area contributed by atoms with E-state index >= 15 is 0 Å². The smallest absolute Gasteiger partial charge is 0.250 e. The maximum Gasteiger partial charge on any atom is 0.250 e. The molecule has 2 amide bonds. The van der Waals surface area contributed by atoms with E-state index in [-0.39, 0.29) is 23.4 Å². The number of amides is 2. The second-order valence-electron chi connectivity index (χ2n) is 6.53. The third-order valence-corrected chi connectivity index (χ3v) is 4.26. The summed E-state index contributed by atoms with van der Waals surface area (Å²) < 4.78 is 14.4. The third kappa shape index (κ3) is 5.48. The van der Waals surface area contributed by atoms with Gasteiger partial charge in [0.15, 0.2) is 0 Å². The molecule has 0 heterocycles. The van der Waals surface area contributed by atoms with Gasteiger partial charge in [-0.25, -0.2) is 4.39 Å². The van der Waals surface area contributed by atoms with Gasteiger partial charge in [0.1, 0.15) is 11.9 Å². The van der Waals surface area contributed by atoms with Crippen LogP contribution >= 0.6 is 12.2 Å². The van der Waals surface area contributed by atoms with E-state index < -0.39 is 23.7 Å². The van der Waals surface area contributed by atoms with Gasteiger partial charge in [-0.1, -0.05) is 25.1 Å². The summed E-state index contributed by atoms with van der Waals surface area (Å²) in [6, 6.07) is 1.62. The number of hydrogen-bond acceptors (Lipinski definition) is 5. The number of halogens is 1. The van der Waals surface area contributed by atoms with E-state index in [9.17, 15) is 14.0 Å². The molecule has 1 unspecified atom stereocenters. The Labute approximate surface area is 156 Å². The van der Waals surface area contributed by atoms with Crippen molar-refractivity contribution >= 4 is 46.1 Å². The van der Waals surface area contributed by atoms with Crippen LogP contribution in [-0.4, -0.2) is 28.6 Å². The zero-order valence-corrected chi connectivity index (χ0v) is 15.2. The van der Waals surface area contributed by atoms with Gasteiger partial charge in [-0.15, -0.1) is 0 Å². The highest BCUT2D eigenvalue weighted by Gasteiger charge is 2.29. The van der Waals surface area contributed by atoms with Crippen molar-refractivity contribution in [1.29, 1.82) is 5.41 Å². The van der Waals surface area contributed by atoms with Gasteiger partial charge in [0.05, 0.1) is 21.9 Å². The van der Waals surface area contributed by atoms with Crippen molar-refractivity contribution in [2.45, 2.75) is 38.6 Å². The van der Waals surface area contributed by atoms with Gasteiger partial charge in [0, 0.05) is 12.1 Å². The summed E-state index contributed by atoms with van der Waals surface area (Å²) in [7, 11) is 0. The summed E-state index contributed by atoms with van der Waals surface area (Å²) >= 11 is 5.14. The predicted molar refractivity (Wildman–Crippen MR) is 103 cm³/mol. The van der Waals surface area contributed by atoms with Crippen LogP contribution in [0.25, 0.3) is 0 Å². The van der Waals surface area contributed by atoms with Crippen molar-refractivity contribution < 1.29 is 14.0 Å². The predicted octanol–water partition coefficient (Wildman–Crippen LogP) is 2.16. The molecule has 1 aromatic carbocycles. The molecule has 1 saturated carbocycles. The highest BCUT2D eigenvalue weighted by atomic mass is 32.1. The lowest BCUT2D eigenvalue weighted by molar-refractivity contribution is -0.118. The Kier molecular flexibility index (Phi) is 6.25. The summed E-state index contributed by atoms with van der Waals surface area (Å²) in [5, 5.41) is 13.1. The standard InChI is InChI=1S/C17H22FN5O2S/c1-8(19)4-15(26)23-12-7-13(11(18)6-10(12)16(20)24)22-14(17(21)25)5-9-2-3-9/h6-7,9,14,19,22H,2-5H2,1H3,(H2,20,24)(H2,21,25)(H,23,26). The molecule has 1 aliphatic carbocycles. The molecule has 140 valence electrons. The maximum absolute atomic E-state index is 14.4. The van der Waals surface area contributed by atoms with Crippen LogP contribution in [0.1, 0.15) is 43.0 Å². The second kappa shape index (κ2) is 8.22. The van der Waals surface area contributed by atoms with Crippen LogP contribution in [0.2, 0.25) is 0 Å². The highest BCUT2D eigenvalue weighted by molar-refractivity contribution is 7.80. The molecule has 1 aliphatic rings. The number of nitrogens with one attached hydrogen (secondary N) is 3. The first-order valence-electron chi connectivity index (χ1n) is 8.20. The molecule has 0 aliphatic heterocycles. The van der Waals surface area contributed by atoms with Gasteiger partial charge >= 0.3 is 0 Å². The quantitative estimate of drug-likeness (QED) is 0.331. The van der Waals surface area contributed by atoms with E-state index in [1.165, 1.54) is 6.07 Å². The first kappa shape index (κ1) is 19.8. The first-order chi connectivity index (χ1) is 12.2.